The largest absolute Gasteiger partial charge is 0.393 e. The smallest absolute Gasteiger partial charge is 0.239 e. The standard InChI is InChI=1S/C17H30N4O3/c1-19-8-7-14-16(19)17(24)18-11-12(20(14)2)3-4-15(23)21-9-5-13(22)6-10-21/h12-14,16,22H,3-11H2,1-2H3,(H,18,24). The van der Waals surface area contributed by atoms with Crippen LogP contribution in [0.2, 0.25) is 0 Å². The number of piperidine rings is 1. The van der Waals surface area contributed by atoms with Crippen molar-refractivity contribution in [3.8, 4) is 0 Å². The van der Waals surface area contributed by atoms with Crippen molar-refractivity contribution in [2.75, 3.05) is 40.3 Å². The van der Waals surface area contributed by atoms with Gasteiger partial charge in [-0.3, -0.25) is 19.4 Å². The van der Waals surface area contributed by atoms with E-state index in [1.165, 1.54) is 0 Å². The van der Waals surface area contributed by atoms with Gasteiger partial charge in [-0.05, 0) is 39.8 Å². The SMILES string of the molecule is CN1CCC2C1C(=O)NCC(CCC(=O)N1CCC(O)CC1)N2C. The highest BCUT2D eigenvalue weighted by Gasteiger charge is 2.43. The van der Waals surface area contributed by atoms with Gasteiger partial charge in [0.1, 0.15) is 6.04 Å². The average Bonchev–Trinajstić information content (AvgIpc) is 2.90. The Hall–Kier alpha value is -1.18. The van der Waals surface area contributed by atoms with Crippen LogP contribution in [0, 0.1) is 0 Å². The van der Waals surface area contributed by atoms with Crippen LogP contribution in [-0.2, 0) is 9.59 Å². The summed E-state index contributed by atoms with van der Waals surface area (Å²) < 4.78 is 0. The molecule has 7 nitrogen and oxygen atoms in total. The monoisotopic (exact) mass is 338 g/mol. The van der Waals surface area contributed by atoms with Gasteiger partial charge >= 0.3 is 0 Å². The molecule has 7 heteroatoms. The number of carbonyl (C=O) groups is 2. The second-order valence-corrected chi connectivity index (χ2v) is 7.50. The maximum Gasteiger partial charge on any atom is 0.239 e. The normalized spacial score (nSPS) is 33.2. The van der Waals surface area contributed by atoms with E-state index < -0.39 is 0 Å². The van der Waals surface area contributed by atoms with Crippen LogP contribution in [0.1, 0.15) is 32.1 Å². The van der Waals surface area contributed by atoms with Crippen molar-refractivity contribution >= 4 is 11.8 Å². The van der Waals surface area contributed by atoms with Crippen LogP contribution >= 0.6 is 0 Å². The number of nitrogens with zero attached hydrogens (tertiary/aromatic N) is 3. The molecule has 3 heterocycles. The fourth-order valence-corrected chi connectivity index (χ4v) is 4.33. The zero-order valence-corrected chi connectivity index (χ0v) is 14.8. The molecule has 0 saturated carbocycles. The summed E-state index contributed by atoms with van der Waals surface area (Å²) in [5.41, 5.74) is 0. The highest BCUT2D eigenvalue weighted by atomic mass is 16.3. The summed E-state index contributed by atoms with van der Waals surface area (Å²) >= 11 is 0. The molecule has 136 valence electrons. The molecular formula is C17H30N4O3. The molecule has 2 amide bonds. The predicted molar refractivity (Wildman–Crippen MR) is 90.4 cm³/mol. The molecule has 0 radical (unpaired) electrons. The molecule has 3 fully saturated rings. The zero-order valence-electron chi connectivity index (χ0n) is 14.8. The molecule has 2 N–H and O–H groups in total. The van der Waals surface area contributed by atoms with E-state index in [2.05, 4.69) is 22.2 Å². The van der Waals surface area contributed by atoms with Gasteiger partial charge in [0.2, 0.25) is 11.8 Å². The Balaban J connectivity index is 1.55. The Morgan fingerprint density at radius 3 is 2.62 bits per heavy atom. The van der Waals surface area contributed by atoms with Crippen LogP contribution < -0.4 is 5.32 Å². The molecule has 0 aromatic carbocycles. The Bertz CT molecular complexity index is 478. The molecule has 3 saturated heterocycles. The number of fused-ring (bicyclic) bond motifs is 1. The molecule has 0 spiro atoms. The first-order chi connectivity index (χ1) is 11.5. The molecule has 0 bridgehead atoms. The molecule has 0 aromatic rings. The van der Waals surface area contributed by atoms with Gasteiger partial charge in [-0.25, -0.2) is 0 Å². The number of carbonyl (C=O) groups excluding carboxylic acids is 2. The van der Waals surface area contributed by atoms with Gasteiger partial charge in [0.15, 0.2) is 0 Å². The van der Waals surface area contributed by atoms with E-state index in [1.807, 2.05) is 11.9 Å². The number of hydrogen-bond acceptors (Lipinski definition) is 5. The molecule has 0 aliphatic carbocycles. The molecule has 0 aromatic heterocycles. The van der Waals surface area contributed by atoms with Gasteiger partial charge in [0.05, 0.1) is 6.10 Å². The number of likely N-dealkylation sites (N-methyl/N-ethyl adjacent to an activating group) is 2. The van der Waals surface area contributed by atoms with Gasteiger partial charge in [-0.15, -0.1) is 0 Å². The van der Waals surface area contributed by atoms with E-state index in [-0.39, 0.29) is 36.0 Å². The molecule has 24 heavy (non-hydrogen) atoms. The van der Waals surface area contributed by atoms with Gasteiger partial charge in [0, 0.05) is 44.7 Å². The van der Waals surface area contributed by atoms with Crippen molar-refractivity contribution in [1.82, 2.24) is 20.0 Å². The summed E-state index contributed by atoms with van der Waals surface area (Å²) in [5.74, 6) is 0.289. The first-order valence-electron chi connectivity index (χ1n) is 9.13. The lowest BCUT2D eigenvalue weighted by atomic mass is 10.0. The summed E-state index contributed by atoms with van der Waals surface area (Å²) in [6.45, 7) is 2.87. The topological polar surface area (TPSA) is 76.1 Å². The van der Waals surface area contributed by atoms with Crippen LogP contribution in [-0.4, -0.2) is 96.1 Å². The number of amides is 2. The van der Waals surface area contributed by atoms with E-state index in [9.17, 15) is 14.7 Å². The summed E-state index contributed by atoms with van der Waals surface area (Å²) in [7, 11) is 4.09. The van der Waals surface area contributed by atoms with E-state index in [4.69, 9.17) is 0 Å². The maximum atomic E-state index is 12.4. The van der Waals surface area contributed by atoms with Crippen molar-refractivity contribution in [3.63, 3.8) is 0 Å². The Morgan fingerprint density at radius 2 is 1.92 bits per heavy atom. The number of nitrogens with one attached hydrogen (secondary N) is 1. The van der Waals surface area contributed by atoms with E-state index >= 15 is 0 Å². The summed E-state index contributed by atoms with van der Waals surface area (Å²) in [5, 5.41) is 12.6. The van der Waals surface area contributed by atoms with Crippen LogP contribution in [0.25, 0.3) is 0 Å². The number of aliphatic hydroxyl groups is 1. The number of aliphatic hydroxyl groups excluding tert-OH is 1. The lowest BCUT2D eigenvalue weighted by Gasteiger charge is -2.33. The number of hydrogen-bond donors (Lipinski definition) is 2. The fraction of sp³-hybridized carbons (Fsp3) is 0.882. The lowest BCUT2D eigenvalue weighted by molar-refractivity contribution is -0.133. The third kappa shape index (κ3) is 3.58. The third-order valence-corrected chi connectivity index (χ3v) is 6.01. The molecule has 3 rings (SSSR count). The van der Waals surface area contributed by atoms with Crippen molar-refractivity contribution in [2.24, 2.45) is 0 Å². The van der Waals surface area contributed by atoms with Crippen LogP contribution in [0.15, 0.2) is 0 Å². The lowest BCUT2D eigenvalue weighted by Crippen LogP contribution is -2.48. The summed E-state index contributed by atoms with van der Waals surface area (Å²) in [4.78, 5) is 31.1. The molecule has 3 aliphatic rings. The van der Waals surface area contributed by atoms with Crippen molar-refractivity contribution in [3.05, 3.63) is 0 Å². The second kappa shape index (κ2) is 7.37. The quantitative estimate of drug-likeness (QED) is 0.708. The highest BCUT2D eigenvalue weighted by Crippen LogP contribution is 2.26. The van der Waals surface area contributed by atoms with Crippen LogP contribution in [0.4, 0.5) is 0 Å². The third-order valence-electron chi connectivity index (χ3n) is 6.01. The van der Waals surface area contributed by atoms with Gasteiger partial charge in [-0.1, -0.05) is 0 Å². The van der Waals surface area contributed by atoms with Crippen molar-refractivity contribution in [1.29, 1.82) is 0 Å². The Labute approximate surface area is 144 Å². The van der Waals surface area contributed by atoms with Gasteiger partial charge in [-0.2, -0.15) is 0 Å². The van der Waals surface area contributed by atoms with Crippen molar-refractivity contribution in [2.45, 2.75) is 56.3 Å². The van der Waals surface area contributed by atoms with E-state index in [0.29, 0.717) is 38.9 Å². The molecule has 3 unspecified atom stereocenters. The van der Waals surface area contributed by atoms with Gasteiger partial charge < -0.3 is 15.3 Å². The number of rotatable bonds is 3. The first kappa shape index (κ1) is 17.6. The predicted octanol–water partition coefficient (Wildman–Crippen LogP) is -0.747. The zero-order chi connectivity index (χ0) is 17.3. The molecule has 3 aliphatic heterocycles. The fourth-order valence-electron chi connectivity index (χ4n) is 4.33. The van der Waals surface area contributed by atoms with Crippen molar-refractivity contribution < 1.29 is 14.7 Å². The van der Waals surface area contributed by atoms with Crippen LogP contribution in [0.5, 0.6) is 0 Å². The molecule has 3 atom stereocenters. The molecular weight excluding hydrogens is 308 g/mol. The van der Waals surface area contributed by atoms with E-state index in [0.717, 1.165) is 19.4 Å². The van der Waals surface area contributed by atoms with Crippen LogP contribution in [0.3, 0.4) is 0 Å². The second-order valence-electron chi connectivity index (χ2n) is 7.50. The first-order valence-corrected chi connectivity index (χ1v) is 9.13. The Morgan fingerprint density at radius 1 is 1.21 bits per heavy atom. The Kier molecular flexibility index (Phi) is 5.42. The maximum absolute atomic E-state index is 12.4. The number of likely N-dealkylation sites (tertiary alicyclic amines) is 2. The highest BCUT2D eigenvalue weighted by molar-refractivity contribution is 5.83. The van der Waals surface area contributed by atoms with Gasteiger partial charge in [0.25, 0.3) is 0 Å². The minimum Gasteiger partial charge on any atom is -0.393 e. The minimum atomic E-state index is -0.256. The van der Waals surface area contributed by atoms with E-state index in [1.54, 1.807) is 0 Å². The summed E-state index contributed by atoms with van der Waals surface area (Å²) in [6, 6.07) is 0.372. The summed E-state index contributed by atoms with van der Waals surface area (Å²) in [6.07, 6.45) is 3.38. The minimum absolute atomic E-state index is 0.0701. The average molecular weight is 338 g/mol.